The maximum atomic E-state index is 12.4. The van der Waals surface area contributed by atoms with Gasteiger partial charge in [0.05, 0.1) is 12.1 Å². The molecular weight excluding hydrogens is 336 g/mol. The molecule has 8 nitrogen and oxygen atoms in total. The van der Waals surface area contributed by atoms with Crippen molar-refractivity contribution in [1.29, 1.82) is 0 Å². The van der Waals surface area contributed by atoms with Gasteiger partial charge in [-0.25, -0.2) is 0 Å². The fraction of sp³-hybridized carbons (Fsp3) is 0.333. The number of hydrogen-bond acceptors (Lipinski definition) is 4. The van der Waals surface area contributed by atoms with Crippen molar-refractivity contribution in [1.82, 2.24) is 15.1 Å². The second kappa shape index (κ2) is 8.28. The zero-order chi connectivity index (χ0) is 19.3. The van der Waals surface area contributed by atoms with E-state index >= 15 is 0 Å². The zero-order valence-electron chi connectivity index (χ0n) is 14.9. The number of aryl methyl sites for hydroxylation is 1. The van der Waals surface area contributed by atoms with Crippen LogP contribution in [0.3, 0.4) is 0 Å². The van der Waals surface area contributed by atoms with Crippen LogP contribution in [-0.4, -0.2) is 39.2 Å². The molecule has 0 bridgehead atoms. The Morgan fingerprint density at radius 2 is 1.81 bits per heavy atom. The Hall–Kier alpha value is -3.16. The quantitative estimate of drug-likeness (QED) is 0.700. The summed E-state index contributed by atoms with van der Waals surface area (Å²) >= 11 is 0. The SMILES string of the molecule is CC(C)c1cc(C(=O)Nc2ccc(C(=O)NCCC(=O)O)cc2)n(C)n1. The smallest absolute Gasteiger partial charge is 0.305 e. The minimum atomic E-state index is -0.973. The van der Waals surface area contributed by atoms with Crippen molar-refractivity contribution in [3.8, 4) is 0 Å². The summed E-state index contributed by atoms with van der Waals surface area (Å²) in [5.41, 5.74) is 2.22. The van der Waals surface area contributed by atoms with Crippen molar-refractivity contribution in [2.75, 3.05) is 11.9 Å². The van der Waals surface area contributed by atoms with E-state index < -0.39 is 5.97 Å². The van der Waals surface area contributed by atoms with Crippen LogP contribution in [0.4, 0.5) is 5.69 Å². The van der Waals surface area contributed by atoms with Gasteiger partial charge in [0, 0.05) is 24.8 Å². The molecule has 0 radical (unpaired) electrons. The summed E-state index contributed by atoms with van der Waals surface area (Å²) in [6.45, 7) is 4.07. The number of benzene rings is 1. The second-order valence-corrected chi connectivity index (χ2v) is 6.16. The monoisotopic (exact) mass is 358 g/mol. The topological polar surface area (TPSA) is 113 Å². The number of rotatable bonds is 7. The molecule has 0 aliphatic carbocycles. The first-order chi connectivity index (χ1) is 12.3. The van der Waals surface area contributed by atoms with Crippen molar-refractivity contribution < 1.29 is 19.5 Å². The van der Waals surface area contributed by atoms with Gasteiger partial charge in [-0.1, -0.05) is 13.8 Å². The van der Waals surface area contributed by atoms with Gasteiger partial charge < -0.3 is 15.7 Å². The molecule has 0 saturated carbocycles. The summed E-state index contributed by atoms with van der Waals surface area (Å²) in [7, 11) is 1.71. The number of carboxylic acid groups (broad SMARTS) is 1. The zero-order valence-corrected chi connectivity index (χ0v) is 14.9. The van der Waals surface area contributed by atoms with Gasteiger partial charge in [0.2, 0.25) is 0 Å². The normalized spacial score (nSPS) is 10.6. The number of amides is 2. The fourth-order valence-corrected chi connectivity index (χ4v) is 2.27. The summed E-state index contributed by atoms with van der Waals surface area (Å²) in [6.07, 6.45) is -0.136. The fourth-order valence-electron chi connectivity index (χ4n) is 2.27. The molecule has 1 heterocycles. The lowest BCUT2D eigenvalue weighted by atomic mass is 10.1. The van der Waals surface area contributed by atoms with Gasteiger partial charge in [-0.05, 0) is 36.2 Å². The minimum Gasteiger partial charge on any atom is -0.481 e. The number of aromatic nitrogens is 2. The molecule has 0 atom stereocenters. The van der Waals surface area contributed by atoms with Crippen LogP contribution >= 0.6 is 0 Å². The van der Waals surface area contributed by atoms with E-state index in [4.69, 9.17) is 5.11 Å². The van der Waals surface area contributed by atoms with Gasteiger partial charge in [-0.15, -0.1) is 0 Å². The Morgan fingerprint density at radius 3 is 2.35 bits per heavy atom. The third kappa shape index (κ3) is 4.92. The highest BCUT2D eigenvalue weighted by atomic mass is 16.4. The lowest BCUT2D eigenvalue weighted by Crippen LogP contribution is -2.26. The third-order valence-electron chi connectivity index (χ3n) is 3.75. The maximum absolute atomic E-state index is 12.4. The molecule has 8 heteroatoms. The Morgan fingerprint density at radius 1 is 1.15 bits per heavy atom. The van der Waals surface area contributed by atoms with Crippen LogP contribution in [0, 0.1) is 0 Å². The van der Waals surface area contributed by atoms with Crippen LogP contribution in [-0.2, 0) is 11.8 Å². The molecule has 0 aliphatic heterocycles. The molecule has 1 aromatic carbocycles. The van der Waals surface area contributed by atoms with Crippen molar-refractivity contribution >= 4 is 23.5 Å². The minimum absolute atomic E-state index is 0.0608. The molecule has 0 fully saturated rings. The first-order valence-corrected chi connectivity index (χ1v) is 8.23. The van der Waals surface area contributed by atoms with Crippen molar-refractivity contribution in [3.63, 3.8) is 0 Å². The van der Waals surface area contributed by atoms with Crippen LogP contribution in [0.1, 0.15) is 52.7 Å². The molecule has 2 amide bonds. The number of carbonyl (C=O) groups excluding carboxylic acids is 2. The Kier molecular flexibility index (Phi) is 6.11. The van der Waals surface area contributed by atoms with E-state index in [-0.39, 0.29) is 30.7 Å². The number of aliphatic carboxylic acids is 1. The maximum Gasteiger partial charge on any atom is 0.305 e. The highest BCUT2D eigenvalue weighted by Crippen LogP contribution is 2.16. The highest BCUT2D eigenvalue weighted by molar-refractivity contribution is 6.03. The van der Waals surface area contributed by atoms with Gasteiger partial charge >= 0.3 is 5.97 Å². The molecule has 2 rings (SSSR count). The van der Waals surface area contributed by atoms with E-state index in [1.54, 1.807) is 37.4 Å². The average molecular weight is 358 g/mol. The van der Waals surface area contributed by atoms with E-state index in [0.717, 1.165) is 5.69 Å². The molecule has 0 unspecified atom stereocenters. The van der Waals surface area contributed by atoms with Crippen LogP contribution in [0.2, 0.25) is 0 Å². The van der Waals surface area contributed by atoms with Crippen LogP contribution in [0.25, 0.3) is 0 Å². The molecule has 26 heavy (non-hydrogen) atoms. The number of nitrogens with one attached hydrogen (secondary N) is 2. The number of nitrogens with zero attached hydrogens (tertiary/aromatic N) is 2. The van der Waals surface area contributed by atoms with Crippen molar-refractivity contribution in [2.45, 2.75) is 26.2 Å². The van der Waals surface area contributed by atoms with Gasteiger partial charge in [-0.3, -0.25) is 19.1 Å². The summed E-state index contributed by atoms with van der Waals surface area (Å²) < 4.78 is 1.54. The van der Waals surface area contributed by atoms with Crippen LogP contribution < -0.4 is 10.6 Å². The summed E-state index contributed by atoms with van der Waals surface area (Å²) in [4.78, 5) is 34.7. The lowest BCUT2D eigenvalue weighted by Gasteiger charge is -2.07. The Labute approximate surface area is 151 Å². The first kappa shape index (κ1) is 19.2. The van der Waals surface area contributed by atoms with E-state index in [2.05, 4.69) is 15.7 Å². The van der Waals surface area contributed by atoms with Crippen molar-refractivity contribution in [3.05, 3.63) is 47.3 Å². The van der Waals surface area contributed by atoms with Crippen LogP contribution in [0.15, 0.2) is 30.3 Å². The summed E-state index contributed by atoms with van der Waals surface area (Å²) in [5.74, 6) is -1.40. The number of carbonyl (C=O) groups is 3. The number of carboxylic acids is 1. The molecule has 0 spiro atoms. The number of anilines is 1. The van der Waals surface area contributed by atoms with Crippen molar-refractivity contribution in [2.24, 2.45) is 7.05 Å². The van der Waals surface area contributed by atoms with E-state index in [1.165, 1.54) is 4.68 Å². The lowest BCUT2D eigenvalue weighted by molar-refractivity contribution is -0.136. The third-order valence-corrected chi connectivity index (χ3v) is 3.75. The second-order valence-electron chi connectivity index (χ2n) is 6.16. The summed E-state index contributed by atoms with van der Waals surface area (Å²) in [5, 5.41) is 18.2. The predicted molar refractivity (Wildman–Crippen MR) is 96.3 cm³/mol. The van der Waals surface area contributed by atoms with E-state index in [1.807, 2.05) is 13.8 Å². The average Bonchev–Trinajstić information content (AvgIpc) is 2.97. The van der Waals surface area contributed by atoms with E-state index in [0.29, 0.717) is 16.9 Å². The largest absolute Gasteiger partial charge is 0.481 e. The standard InChI is InChI=1S/C18H22N4O4/c1-11(2)14-10-15(22(3)21-14)18(26)20-13-6-4-12(5-7-13)17(25)19-9-8-16(23)24/h4-7,10-11H,8-9H2,1-3H3,(H,19,25)(H,20,26)(H,23,24). The molecule has 2 aromatic rings. The van der Waals surface area contributed by atoms with Gasteiger partial charge in [0.25, 0.3) is 11.8 Å². The first-order valence-electron chi connectivity index (χ1n) is 8.23. The molecular formula is C18H22N4O4. The molecule has 138 valence electrons. The van der Waals surface area contributed by atoms with Crippen LogP contribution in [0.5, 0.6) is 0 Å². The molecule has 0 saturated heterocycles. The molecule has 3 N–H and O–H groups in total. The van der Waals surface area contributed by atoms with Gasteiger partial charge in [-0.2, -0.15) is 5.10 Å². The Bertz CT molecular complexity index is 809. The molecule has 1 aromatic heterocycles. The van der Waals surface area contributed by atoms with E-state index in [9.17, 15) is 14.4 Å². The van der Waals surface area contributed by atoms with Gasteiger partial charge in [0.1, 0.15) is 5.69 Å². The molecule has 0 aliphatic rings. The predicted octanol–water partition coefficient (Wildman–Crippen LogP) is 2.00. The Balaban J connectivity index is 1.99. The number of hydrogen-bond donors (Lipinski definition) is 3. The highest BCUT2D eigenvalue weighted by Gasteiger charge is 2.15. The summed E-state index contributed by atoms with van der Waals surface area (Å²) in [6, 6.07) is 8.11. The van der Waals surface area contributed by atoms with Gasteiger partial charge in [0.15, 0.2) is 0 Å².